The van der Waals surface area contributed by atoms with Gasteiger partial charge in [-0.25, -0.2) is 4.79 Å². The number of rotatable bonds is 3. The van der Waals surface area contributed by atoms with E-state index in [9.17, 15) is 9.90 Å². The molecule has 1 aliphatic heterocycles. The summed E-state index contributed by atoms with van der Waals surface area (Å²) in [7, 11) is 0. The monoisotopic (exact) mass is 201 g/mol. The molecule has 1 aliphatic rings. The summed E-state index contributed by atoms with van der Waals surface area (Å²) in [6.07, 6.45) is 0.616. The molecule has 4 heteroatoms. The summed E-state index contributed by atoms with van der Waals surface area (Å²) in [4.78, 5) is 12.0. The lowest BCUT2D eigenvalue weighted by atomic mass is 9.86. The van der Waals surface area contributed by atoms with Gasteiger partial charge >= 0.3 is 6.09 Å². The molecule has 0 radical (unpaired) electrons. The van der Waals surface area contributed by atoms with Gasteiger partial charge < -0.3 is 15.1 Å². The van der Waals surface area contributed by atoms with E-state index in [1.54, 1.807) is 0 Å². The number of carbonyl (C=O) groups is 1. The van der Waals surface area contributed by atoms with Gasteiger partial charge in [-0.3, -0.25) is 0 Å². The van der Waals surface area contributed by atoms with Crippen LogP contribution in [-0.4, -0.2) is 40.4 Å². The molecule has 1 amide bonds. The van der Waals surface area contributed by atoms with Gasteiger partial charge in [-0.1, -0.05) is 26.7 Å². The van der Waals surface area contributed by atoms with Gasteiger partial charge in [0, 0.05) is 12.5 Å². The Kier molecular flexibility index (Phi) is 3.75. The van der Waals surface area contributed by atoms with Crippen LogP contribution in [0, 0.1) is 11.8 Å². The van der Waals surface area contributed by atoms with Gasteiger partial charge in [-0.2, -0.15) is 0 Å². The number of aliphatic hydroxyl groups excluding tert-OH is 1. The first-order valence-electron chi connectivity index (χ1n) is 5.26. The van der Waals surface area contributed by atoms with Crippen molar-refractivity contribution in [3.8, 4) is 0 Å². The van der Waals surface area contributed by atoms with Crippen molar-refractivity contribution in [2.24, 2.45) is 11.8 Å². The minimum atomic E-state index is -0.919. The van der Waals surface area contributed by atoms with Crippen LogP contribution in [0.25, 0.3) is 0 Å². The lowest BCUT2D eigenvalue weighted by molar-refractivity contribution is 0.107. The normalized spacial score (nSPS) is 27.3. The minimum Gasteiger partial charge on any atom is -0.465 e. The Labute approximate surface area is 84.5 Å². The molecule has 0 aromatic heterocycles. The summed E-state index contributed by atoms with van der Waals surface area (Å²) in [5.41, 5.74) is 0. The van der Waals surface area contributed by atoms with E-state index < -0.39 is 12.2 Å². The minimum absolute atomic E-state index is 0.126. The van der Waals surface area contributed by atoms with Crippen LogP contribution in [0.15, 0.2) is 0 Å². The first-order valence-corrected chi connectivity index (χ1v) is 5.26. The van der Waals surface area contributed by atoms with Crippen molar-refractivity contribution >= 4 is 6.09 Å². The topological polar surface area (TPSA) is 60.8 Å². The smallest absolute Gasteiger partial charge is 0.407 e. The second-order valence-electron chi connectivity index (χ2n) is 4.00. The molecule has 0 bridgehead atoms. The molecule has 82 valence electrons. The fourth-order valence-electron chi connectivity index (χ4n) is 2.33. The SMILES string of the molecule is CCC(CC)C1CN(C(=O)O)CC1O. The van der Waals surface area contributed by atoms with Crippen LogP contribution in [0.2, 0.25) is 0 Å². The first kappa shape index (κ1) is 11.3. The Morgan fingerprint density at radius 1 is 1.43 bits per heavy atom. The summed E-state index contributed by atoms with van der Waals surface area (Å²) in [5, 5.41) is 18.5. The van der Waals surface area contributed by atoms with Crippen LogP contribution in [0.3, 0.4) is 0 Å². The Morgan fingerprint density at radius 3 is 2.36 bits per heavy atom. The predicted octanol–water partition coefficient (Wildman–Crippen LogP) is 1.39. The molecule has 1 fully saturated rings. The highest BCUT2D eigenvalue weighted by Gasteiger charge is 2.37. The Balaban J connectivity index is 2.59. The molecule has 4 nitrogen and oxygen atoms in total. The number of hydrogen-bond donors (Lipinski definition) is 2. The second kappa shape index (κ2) is 4.64. The zero-order valence-corrected chi connectivity index (χ0v) is 8.81. The van der Waals surface area contributed by atoms with E-state index >= 15 is 0 Å². The van der Waals surface area contributed by atoms with E-state index in [2.05, 4.69) is 13.8 Å². The maximum atomic E-state index is 10.7. The molecule has 14 heavy (non-hydrogen) atoms. The molecule has 1 heterocycles. The molecule has 0 spiro atoms. The average Bonchev–Trinajstić information content (AvgIpc) is 2.51. The number of β-amino-alcohol motifs (C(OH)–C–C–N with tert-alkyl or cyclic N) is 1. The molecule has 1 saturated heterocycles. The lowest BCUT2D eigenvalue weighted by Crippen LogP contribution is -2.27. The quantitative estimate of drug-likeness (QED) is 0.725. The van der Waals surface area contributed by atoms with Crippen molar-refractivity contribution in [1.82, 2.24) is 4.90 Å². The summed E-state index contributed by atoms with van der Waals surface area (Å²) in [5.74, 6) is 0.565. The van der Waals surface area contributed by atoms with E-state index in [-0.39, 0.29) is 12.5 Å². The molecule has 2 N–H and O–H groups in total. The molecule has 1 rings (SSSR count). The molecule has 0 aromatic rings. The van der Waals surface area contributed by atoms with Gasteiger partial charge in [-0.15, -0.1) is 0 Å². The molecule has 0 saturated carbocycles. The molecular weight excluding hydrogens is 182 g/mol. The molecule has 0 aromatic carbocycles. The summed E-state index contributed by atoms with van der Waals surface area (Å²) < 4.78 is 0. The van der Waals surface area contributed by atoms with Crippen LogP contribution in [0.5, 0.6) is 0 Å². The van der Waals surface area contributed by atoms with Crippen LogP contribution < -0.4 is 0 Å². The van der Waals surface area contributed by atoms with Crippen molar-refractivity contribution in [2.45, 2.75) is 32.8 Å². The van der Waals surface area contributed by atoms with Crippen LogP contribution >= 0.6 is 0 Å². The standard InChI is InChI=1S/C10H19NO3/c1-3-7(4-2)8-5-11(10(13)14)6-9(8)12/h7-9,12H,3-6H2,1-2H3,(H,13,14). The van der Waals surface area contributed by atoms with E-state index in [1.165, 1.54) is 4.90 Å². The number of likely N-dealkylation sites (tertiary alicyclic amines) is 1. The zero-order valence-electron chi connectivity index (χ0n) is 8.81. The van der Waals surface area contributed by atoms with E-state index in [1.807, 2.05) is 0 Å². The average molecular weight is 201 g/mol. The van der Waals surface area contributed by atoms with Gasteiger partial charge in [0.2, 0.25) is 0 Å². The summed E-state index contributed by atoms with van der Waals surface area (Å²) in [6.45, 7) is 4.94. The molecule has 0 aliphatic carbocycles. The van der Waals surface area contributed by atoms with Crippen LogP contribution in [0.4, 0.5) is 4.79 Å². The molecule has 2 atom stereocenters. The third-order valence-corrected chi connectivity index (χ3v) is 3.26. The summed E-state index contributed by atoms with van der Waals surface area (Å²) in [6, 6.07) is 0. The first-order chi connectivity index (χ1) is 6.60. The summed E-state index contributed by atoms with van der Waals surface area (Å²) >= 11 is 0. The van der Waals surface area contributed by atoms with Crippen molar-refractivity contribution in [3.63, 3.8) is 0 Å². The van der Waals surface area contributed by atoms with Gasteiger partial charge in [0.05, 0.1) is 12.6 Å². The number of aliphatic hydroxyl groups is 1. The third kappa shape index (κ3) is 2.18. The number of amides is 1. The number of hydrogen-bond acceptors (Lipinski definition) is 2. The van der Waals surface area contributed by atoms with Gasteiger partial charge in [0.25, 0.3) is 0 Å². The van der Waals surface area contributed by atoms with Crippen molar-refractivity contribution in [2.75, 3.05) is 13.1 Å². The van der Waals surface area contributed by atoms with Gasteiger partial charge in [0.1, 0.15) is 0 Å². The maximum absolute atomic E-state index is 10.7. The van der Waals surface area contributed by atoms with Crippen molar-refractivity contribution in [3.05, 3.63) is 0 Å². The highest BCUT2D eigenvalue weighted by Crippen LogP contribution is 2.28. The van der Waals surface area contributed by atoms with Gasteiger partial charge in [0.15, 0.2) is 0 Å². The van der Waals surface area contributed by atoms with Gasteiger partial charge in [-0.05, 0) is 5.92 Å². The number of nitrogens with zero attached hydrogens (tertiary/aromatic N) is 1. The van der Waals surface area contributed by atoms with E-state index in [0.29, 0.717) is 12.5 Å². The third-order valence-electron chi connectivity index (χ3n) is 3.26. The Hall–Kier alpha value is -0.770. The maximum Gasteiger partial charge on any atom is 0.407 e. The molecular formula is C10H19NO3. The largest absolute Gasteiger partial charge is 0.465 e. The molecule has 2 unspecified atom stereocenters. The highest BCUT2D eigenvalue weighted by molar-refractivity contribution is 5.65. The Morgan fingerprint density at radius 2 is 2.00 bits per heavy atom. The second-order valence-corrected chi connectivity index (χ2v) is 4.00. The van der Waals surface area contributed by atoms with Crippen LogP contribution in [0.1, 0.15) is 26.7 Å². The van der Waals surface area contributed by atoms with E-state index in [0.717, 1.165) is 12.8 Å². The predicted molar refractivity (Wildman–Crippen MR) is 53.2 cm³/mol. The fraction of sp³-hybridized carbons (Fsp3) is 0.900. The Bertz CT molecular complexity index is 204. The van der Waals surface area contributed by atoms with E-state index in [4.69, 9.17) is 5.11 Å². The van der Waals surface area contributed by atoms with Crippen molar-refractivity contribution in [1.29, 1.82) is 0 Å². The zero-order chi connectivity index (χ0) is 10.7. The highest BCUT2D eigenvalue weighted by atomic mass is 16.4. The fourth-order valence-corrected chi connectivity index (χ4v) is 2.33. The lowest BCUT2D eigenvalue weighted by Gasteiger charge is -2.22. The van der Waals surface area contributed by atoms with Crippen molar-refractivity contribution < 1.29 is 15.0 Å². The van der Waals surface area contributed by atoms with Crippen LogP contribution in [-0.2, 0) is 0 Å². The number of carboxylic acid groups (broad SMARTS) is 1.